The minimum absolute atomic E-state index is 0.000263. The molecule has 3 aliphatic heterocycles. The Hall–Kier alpha value is -6.89. The van der Waals surface area contributed by atoms with E-state index >= 15 is 8.78 Å². The monoisotopic (exact) mass is 922 g/mol. The molecule has 3 saturated heterocycles. The van der Waals surface area contributed by atoms with E-state index in [4.69, 9.17) is 9.47 Å². The highest BCUT2D eigenvalue weighted by molar-refractivity contribution is 7.98. The van der Waals surface area contributed by atoms with Crippen LogP contribution in [0, 0.1) is 23.0 Å². The lowest BCUT2D eigenvalue weighted by molar-refractivity contribution is -0.134. The molecule has 8 rings (SSSR count). The molecule has 3 fully saturated rings. The third-order valence-electron chi connectivity index (χ3n) is 12.0. The maximum atomic E-state index is 15.3. The maximum Gasteiger partial charge on any atom is 0.269 e. The van der Waals surface area contributed by atoms with Gasteiger partial charge in [-0.1, -0.05) is 13.0 Å². The van der Waals surface area contributed by atoms with E-state index < -0.39 is 23.3 Å². The predicted molar refractivity (Wildman–Crippen MR) is 244 cm³/mol. The number of carbonyl (C=O) groups excluding carboxylic acids is 3. The highest BCUT2D eigenvalue weighted by Gasteiger charge is 2.30. The molecule has 0 radical (unpaired) electrons. The number of piperidine rings is 2. The summed E-state index contributed by atoms with van der Waals surface area (Å²) in [6.07, 6.45) is 6.34. The second-order valence-corrected chi connectivity index (χ2v) is 17.1. The number of likely N-dealkylation sites (tertiary alicyclic amines) is 1. The zero-order valence-corrected chi connectivity index (χ0v) is 37.4. The van der Waals surface area contributed by atoms with Crippen LogP contribution in [-0.4, -0.2) is 124 Å². The van der Waals surface area contributed by atoms with Crippen molar-refractivity contribution in [1.82, 2.24) is 38.9 Å². The number of methoxy groups -OCH3 is 1. The first-order valence-electron chi connectivity index (χ1n) is 21.5. The molecule has 0 saturated carbocycles. The van der Waals surface area contributed by atoms with E-state index in [1.165, 1.54) is 66.8 Å². The lowest BCUT2D eigenvalue weighted by Gasteiger charge is -2.37. The van der Waals surface area contributed by atoms with Crippen LogP contribution < -0.4 is 35.3 Å². The van der Waals surface area contributed by atoms with Gasteiger partial charge in [0.2, 0.25) is 23.7 Å². The van der Waals surface area contributed by atoms with E-state index in [1.54, 1.807) is 18.2 Å². The molecule has 0 aliphatic carbocycles. The number of amides is 3. The fraction of sp³-hybridized carbons (Fsp3) is 0.378. The molecule has 0 bridgehead atoms. The summed E-state index contributed by atoms with van der Waals surface area (Å²) in [7, 11) is 3.21. The summed E-state index contributed by atoms with van der Waals surface area (Å²) in [4.78, 5) is 70.4. The largest absolute Gasteiger partial charge is 0.492 e. The van der Waals surface area contributed by atoms with Crippen LogP contribution in [0.2, 0.25) is 0 Å². The fourth-order valence-electron chi connectivity index (χ4n) is 8.21. The van der Waals surface area contributed by atoms with Gasteiger partial charge in [0, 0.05) is 57.0 Å². The summed E-state index contributed by atoms with van der Waals surface area (Å²) < 4.78 is 48.3. The number of hydrogen-bond donors (Lipinski definition) is 3. The first-order chi connectivity index (χ1) is 31.9. The number of ether oxygens (including phenoxy) is 2. The Balaban J connectivity index is 0.860. The number of piperazine rings is 1. The van der Waals surface area contributed by atoms with Crippen molar-refractivity contribution in [3.05, 3.63) is 94.3 Å². The predicted octanol–water partition coefficient (Wildman–Crippen LogP) is 4.80. The van der Waals surface area contributed by atoms with Gasteiger partial charge in [-0.2, -0.15) is 5.26 Å². The standard InChI is InChI=1S/C45H48F2N12O6S/c1-4-55(2)66-54-34-8-7-32(46)41(31(34)22-48)65-37-11-9-35-40(42(37)64-3)44(63)59(26-51-35)29-23-49-45(50-24-29)58-19-17-57(18-20-58)39(61)25-56-15-13-27(14-16-56)30-6-5-28(21-33(30)47)52-36-10-12-38(60)53-43(36)62/h5-9,11,21,23-24,26-27,36,52,54H,4,10,12-20,25H2,1-3H3,(H,53,60,62). The SMILES string of the molecule is CCN(C)SNc1ccc(F)c(Oc2ccc3ncn(-c4cnc(N5CCN(C(=O)CN6CCC(c7ccc(NC8CCC(=O)NC8=O)cc7F)CC6)CC5)nc4)c(=O)c3c2OC)c1C#N. The average molecular weight is 923 g/mol. The van der Waals surface area contributed by atoms with Gasteiger partial charge in [0.25, 0.3) is 5.56 Å². The molecule has 66 heavy (non-hydrogen) atoms. The van der Waals surface area contributed by atoms with Crippen molar-refractivity contribution >= 4 is 58.1 Å². The molecule has 344 valence electrons. The van der Waals surface area contributed by atoms with Crippen molar-refractivity contribution in [3.8, 4) is 29.0 Å². The number of nitrogens with zero attached hydrogens (tertiary/aromatic N) is 9. The van der Waals surface area contributed by atoms with E-state index in [0.29, 0.717) is 99.2 Å². The van der Waals surface area contributed by atoms with Crippen LogP contribution in [-0.2, 0) is 14.4 Å². The molecule has 3 aromatic carbocycles. The number of benzene rings is 3. The Morgan fingerprint density at radius 1 is 0.970 bits per heavy atom. The van der Waals surface area contributed by atoms with Crippen molar-refractivity contribution in [2.75, 3.05) is 81.5 Å². The Bertz CT molecular complexity index is 2740. The number of halogens is 2. The van der Waals surface area contributed by atoms with Gasteiger partial charge >= 0.3 is 0 Å². The summed E-state index contributed by atoms with van der Waals surface area (Å²) in [6, 6.07) is 12.0. The summed E-state index contributed by atoms with van der Waals surface area (Å²) in [5.41, 5.74) is 1.47. The van der Waals surface area contributed by atoms with Crippen LogP contribution in [0.25, 0.3) is 16.6 Å². The van der Waals surface area contributed by atoms with Crippen LogP contribution >= 0.6 is 12.1 Å². The highest BCUT2D eigenvalue weighted by Crippen LogP contribution is 2.40. The number of rotatable bonds is 14. The van der Waals surface area contributed by atoms with Gasteiger partial charge < -0.3 is 29.3 Å². The lowest BCUT2D eigenvalue weighted by Crippen LogP contribution is -2.52. The van der Waals surface area contributed by atoms with Crippen molar-refractivity contribution in [3.63, 3.8) is 0 Å². The normalized spacial score (nSPS) is 17.1. The van der Waals surface area contributed by atoms with Gasteiger partial charge in [0.05, 0.1) is 42.9 Å². The lowest BCUT2D eigenvalue weighted by atomic mass is 9.89. The van der Waals surface area contributed by atoms with Crippen LogP contribution in [0.15, 0.2) is 66.0 Å². The van der Waals surface area contributed by atoms with Crippen molar-refractivity contribution < 1.29 is 32.6 Å². The average Bonchev–Trinajstić information content (AvgIpc) is 3.33. The van der Waals surface area contributed by atoms with E-state index in [1.807, 2.05) is 34.1 Å². The Morgan fingerprint density at radius 3 is 2.41 bits per heavy atom. The van der Waals surface area contributed by atoms with Gasteiger partial charge in [0.15, 0.2) is 23.1 Å². The van der Waals surface area contributed by atoms with Crippen LogP contribution in [0.4, 0.5) is 26.1 Å². The molecule has 2 aromatic heterocycles. The van der Waals surface area contributed by atoms with Crippen LogP contribution in [0.5, 0.6) is 17.2 Å². The van der Waals surface area contributed by atoms with E-state index in [9.17, 15) is 24.4 Å². The molecule has 1 atom stereocenters. The molecule has 5 aromatic rings. The summed E-state index contributed by atoms with van der Waals surface area (Å²) >= 11 is 1.24. The Labute approximate surface area is 383 Å². The molecule has 3 aliphatic rings. The first kappa shape index (κ1) is 45.7. The quantitative estimate of drug-likeness (QED) is 0.101. The van der Waals surface area contributed by atoms with Gasteiger partial charge in [-0.25, -0.2) is 28.0 Å². The number of nitriles is 1. The molecular formula is C45H48F2N12O6S. The molecule has 1 unspecified atom stereocenters. The van der Waals surface area contributed by atoms with Gasteiger partial charge in [-0.15, -0.1) is 0 Å². The summed E-state index contributed by atoms with van der Waals surface area (Å²) in [5.74, 6) is -1.74. The van der Waals surface area contributed by atoms with Gasteiger partial charge in [-0.3, -0.25) is 34.0 Å². The van der Waals surface area contributed by atoms with Crippen molar-refractivity contribution in [1.29, 1.82) is 5.26 Å². The molecule has 3 N–H and O–H groups in total. The number of hydrogen-bond acceptors (Lipinski definition) is 16. The highest BCUT2D eigenvalue weighted by atomic mass is 32.2. The molecule has 3 amide bonds. The Kier molecular flexibility index (Phi) is 13.9. The summed E-state index contributed by atoms with van der Waals surface area (Å²) in [6.45, 7) is 6.18. The number of carbonyl (C=O) groups is 3. The van der Waals surface area contributed by atoms with Crippen LogP contribution in [0.1, 0.15) is 49.7 Å². The van der Waals surface area contributed by atoms with E-state index in [-0.39, 0.29) is 64.7 Å². The smallest absolute Gasteiger partial charge is 0.269 e. The zero-order valence-electron chi connectivity index (χ0n) is 36.6. The van der Waals surface area contributed by atoms with E-state index in [2.05, 4.69) is 35.2 Å². The fourth-order valence-corrected chi connectivity index (χ4v) is 8.77. The molecule has 21 heteroatoms. The van der Waals surface area contributed by atoms with E-state index in [0.717, 1.165) is 0 Å². The van der Waals surface area contributed by atoms with Crippen LogP contribution in [0.3, 0.4) is 0 Å². The molecule has 18 nitrogen and oxygen atoms in total. The maximum absolute atomic E-state index is 15.3. The van der Waals surface area contributed by atoms with Crippen molar-refractivity contribution in [2.45, 2.75) is 44.6 Å². The third kappa shape index (κ3) is 9.85. The van der Waals surface area contributed by atoms with Crippen molar-refractivity contribution in [2.24, 2.45) is 0 Å². The summed E-state index contributed by atoms with van der Waals surface area (Å²) in [5, 5.41) is 15.4. The Morgan fingerprint density at radius 2 is 1.73 bits per heavy atom. The zero-order chi connectivity index (χ0) is 46.5. The first-order valence-corrected chi connectivity index (χ1v) is 22.3. The number of imide groups is 1. The number of anilines is 3. The topological polar surface area (TPSA) is 203 Å². The number of nitrogens with one attached hydrogen (secondary N) is 3. The van der Waals surface area contributed by atoms with Gasteiger partial charge in [-0.05, 0) is 87.3 Å². The number of fused-ring (bicyclic) bond motifs is 1. The minimum atomic E-state index is -0.779. The second-order valence-electron chi connectivity index (χ2n) is 16.1. The number of aromatic nitrogens is 4. The molecule has 0 spiro atoms. The second kappa shape index (κ2) is 20.1. The van der Waals surface area contributed by atoms with Gasteiger partial charge in [0.1, 0.15) is 35.2 Å². The third-order valence-corrected chi connectivity index (χ3v) is 12.9. The molecular weight excluding hydrogens is 875 g/mol. The molecule has 5 heterocycles. The minimum Gasteiger partial charge on any atom is -0.492 e.